The van der Waals surface area contributed by atoms with Gasteiger partial charge in [-0.2, -0.15) is 0 Å². The molecule has 2 N–H and O–H groups in total. The Balaban J connectivity index is 2.46. The first-order valence-corrected chi connectivity index (χ1v) is 5.97. The lowest BCUT2D eigenvalue weighted by molar-refractivity contribution is 0.280. The van der Waals surface area contributed by atoms with E-state index in [2.05, 4.69) is 33.8 Å². The van der Waals surface area contributed by atoms with Gasteiger partial charge in [-0.15, -0.1) is 0 Å². The van der Waals surface area contributed by atoms with Crippen molar-refractivity contribution in [2.45, 2.75) is 40.2 Å². The summed E-state index contributed by atoms with van der Waals surface area (Å²) in [5, 5.41) is 0. The molecule has 0 spiro atoms. The molecule has 1 rings (SSSR count). The van der Waals surface area contributed by atoms with Crippen molar-refractivity contribution in [3.8, 4) is 5.75 Å². The molecule has 1 atom stereocenters. The Hall–Kier alpha value is -1.02. The van der Waals surface area contributed by atoms with Crippen LogP contribution < -0.4 is 10.5 Å². The van der Waals surface area contributed by atoms with Crippen LogP contribution in [0.25, 0.3) is 0 Å². The first kappa shape index (κ1) is 13.0. The molecule has 16 heavy (non-hydrogen) atoms. The minimum atomic E-state index is 0.227. The van der Waals surface area contributed by atoms with E-state index >= 15 is 0 Å². The fourth-order valence-electron chi connectivity index (χ4n) is 1.52. The summed E-state index contributed by atoms with van der Waals surface area (Å²) in [7, 11) is 0. The zero-order valence-corrected chi connectivity index (χ0v) is 10.8. The monoisotopic (exact) mass is 221 g/mol. The van der Waals surface area contributed by atoms with E-state index < -0.39 is 0 Å². The Bertz CT molecular complexity index is 334. The predicted octanol–water partition coefficient (Wildman–Crippen LogP) is 3.06. The maximum absolute atomic E-state index is 5.97. The normalized spacial score (nSPS) is 12.9. The van der Waals surface area contributed by atoms with E-state index in [9.17, 15) is 0 Å². The predicted molar refractivity (Wildman–Crippen MR) is 68.8 cm³/mol. The highest BCUT2D eigenvalue weighted by molar-refractivity contribution is 5.38. The summed E-state index contributed by atoms with van der Waals surface area (Å²) in [5.74, 6) is 1.50. The minimum Gasteiger partial charge on any atom is -0.493 e. The van der Waals surface area contributed by atoms with Gasteiger partial charge in [-0.3, -0.25) is 0 Å². The first-order chi connectivity index (χ1) is 7.52. The summed E-state index contributed by atoms with van der Waals surface area (Å²) in [6.07, 6.45) is 0.908. The summed E-state index contributed by atoms with van der Waals surface area (Å²) in [6.45, 7) is 9.17. The Labute approximate surface area is 98.8 Å². The Kier molecular flexibility index (Phi) is 4.81. The lowest BCUT2D eigenvalue weighted by Crippen LogP contribution is -2.28. The van der Waals surface area contributed by atoms with Crippen LogP contribution in [0.4, 0.5) is 0 Å². The fourth-order valence-corrected chi connectivity index (χ4v) is 1.52. The summed E-state index contributed by atoms with van der Waals surface area (Å²) >= 11 is 0. The molecule has 90 valence electrons. The highest BCUT2D eigenvalue weighted by Gasteiger charge is 2.08. The number of hydrogen-bond acceptors (Lipinski definition) is 2. The van der Waals surface area contributed by atoms with Gasteiger partial charge in [0.1, 0.15) is 5.75 Å². The molecule has 0 heterocycles. The number of rotatable bonds is 5. The van der Waals surface area contributed by atoms with Gasteiger partial charge >= 0.3 is 0 Å². The van der Waals surface area contributed by atoms with Crippen molar-refractivity contribution in [2.75, 3.05) is 6.61 Å². The standard InChI is InChI=1S/C14H23NO/c1-10(2)13(15)8-9-16-14-7-5-6-11(3)12(14)4/h5-7,10,13H,8-9,15H2,1-4H3. The molecule has 1 unspecified atom stereocenters. The molecule has 0 saturated carbocycles. The second kappa shape index (κ2) is 5.90. The van der Waals surface area contributed by atoms with Crippen molar-refractivity contribution in [1.29, 1.82) is 0 Å². The van der Waals surface area contributed by atoms with E-state index in [1.807, 2.05) is 12.1 Å². The van der Waals surface area contributed by atoms with Gasteiger partial charge in [-0.05, 0) is 43.4 Å². The van der Waals surface area contributed by atoms with Gasteiger partial charge in [0.15, 0.2) is 0 Å². The molecule has 0 fully saturated rings. The van der Waals surface area contributed by atoms with Crippen molar-refractivity contribution in [1.82, 2.24) is 0 Å². The topological polar surface area (TPSA) is 35.2 Å². The number of aryl methyl sites for hydroxylation is 1. The third kappa shape index (κ3) is 3.53. The average molecular weight is 221 g/mol. The highest BCUT2D eigenvalue weighted by Crippen LogP contribution is 2.20. The smallest absolute Gasteiger partial charge is 0.122 e. The van der Waals surface area contributed by atoms with Crippen LogP contribution in [0.15, 0.2) is 18.2 Å². The van der Waals surface area contributed by atoms with Gasteiger partial charge in [0.2, 0.25) is 0 Å². The molecular formula is C14H23NO. The second-order valence-electron chi connectivity index (χ2n) is 4.74. The van der Waals surface area contributed by atoms with Crippen molar-refractivity contribution in [3.63, 3.8) is 0 Å². The zero-order chi connectivity index (χ0) is 12.1. The van der Waals surface area contributed by atoms with Crippen LogP contribution in [-0.2, 0) is 0 Å². The quantitative estimate of drug-likeness (QED) is 0.829. The second-order valence-corrected chi connectivity index (χ2v) is 4.74. The molecule has 0 aliphatic rings. The number of benzene rings is 1. The van der Waals surface area contributed by atoms with Crippen LogP contribution in [0, 0.1) is 19.8 Å². The van der Waals surface area contributed by atoms with Crippen LogP contribution in [0.5, 0.6) is 5.75 Å². The molecule has 2 heteroatoms. The maximum atomic E-state index is 5.97. The van der Waals surface area contributed by atoms with Gasteiger partial charge in [0.25, 0.3) is 0 Å². The van der Waals surface area contributed by atoms with Gasteiger partial charge < -0.3 is 10.5 Å². The van der Waals surface area contributed by atoms with Crippen molar-refractivity contribution in [2.24, 2.45) is 11.7 Å². The summed E-state index contributed by atoms with van der Waals surface area (Å²) in [4.78, 5) is 0. The summed E-state index contributed by atoms with van der Waals surface area (Å²) < 4.78 is 5.76. The van der Waals surface area contributed by atoms with Gasteiger partial charge in [0.05, 0.1) is 6.61 Å². The largest absolute Gasteiger partial charge is 0.493 e. The molecule has 0 aromatic heterocycles. The van der Waals surface area contributed by atoms with Crippen LogP contribution in [0.2, 0.25) is 0 Å². The molecule has 0 saturated heterocycles. The van der Waals surface area contributed by atoms with Crippen molar-refractivity contribution in [3.05, 3.63) is 29.3 Å². The lowest BCUT2D eigenvalue weighted by atomic mass is 10.0. The Morgan fingerprint density at radius 1 is 1.25 bits per heavy atom. The van der Waals surface area contributed by atoms with E-state index in [0.717, 1.165) is 12.2 Å². The van der Waals surface area contributed by atoms with E-state index in [0.29, 0.717) is 12.5 Å². The van der Waals surface area contributed by atoms with E-state index in [1.54, 1.807) is 0 Å². The molecule has 0 radical (unpaired) electrons. The highest BCUT2D eigenvalue weighted by atomic mass is 16.5. The first-order valence-electron chi connectivity index (χ1n) is 5.97. The SMILES string of the molecule is Cc1cccc(OCCC(N)C(C)C)c1C. The Morgan fingerprint density at radius 3 is 2.56 bits per heavy atom. The molecular weight excluding hydrogens is 198 g/mol. The summed E-state index contributed by atoms with van der Waals surface area (Å²) in [5.41, 5.74) is 8.46. The van der Waals surface area contributed by atoms with Gasteiger partial charge in [-0.1, -0.05) is 26.0 Å². The summed E-state index contributed by atoms with van der Waals surface area (Å²) in [6, 6.07) is 6.37. The van der Waals surface area contributed by atoms with E-state index in [4.69, 9.17) is 10.5 Å². The van der Waals surface area contributed by atoms with Gasteiger partial charge in [-0.25, -0.2) is 0 Å². The number of nitrogens with two attached hydrogens (primary N) is 1. The lowest BCUT2D eigenvalue weighted by Gasteiger charge is -2.16. The molecule has 0 aliphatic heterocycles. The molecule has 0 aliphatic carbocycles. The Morgan fingerprint density at radius 2 is 1.94 bits per heavy atom. The zero-order valence-electron chi connectivity index (χ0n) is 10.8. The van der Waals surface area contributed by atoms with Crippen molar-refractivity contribution < 1.29 is 4.74 Å². The van der Waals surface area contributed by atoms with Crippen LogP contribution in [0.3, 0.4) is 0 Å². The third-order valence-corrected chi connectivity index (χ3v) is 3.12. The van der Waals surface area contributed by atoms with Crippen LogP contribution in [0.1, 0.15) is 31.4 Å². The molecule has 1 aromatic carbocycles. The molecule has 0 amide bonds. The number of hydrogen-bond donors (Lipinski definition) is 1. The number of ether oxygens (including phenoxy) is 1. The van der Waals surface area contributed by atoms with Gasteiger partial charge in [0, 0.05) is 6.04 Å². The maximum Gasteiger partial charge on any atom is 0.122 e. The molecule has 0 bridgehead atoms. The van der Waals surface area contributed by atoms with E-state index in [-0.39, 0.29) is 6.04 Å². The fraction of sp³-hybridized carbons (Fsp3) is 0.571. The molecule has 2 nitrogen and oxygen atoms in total. The third-order valence-electron chi connectivity index (χ3n) is 3.12. The minimum absolute atomic E-state index is 0.227. The van der Waals surface area contributed by atoms with Crippen LogP contribution in [-0.4, -0.2) is 12.6 Å². The average Bonchev–Trinajstić information content (AvgIpc) is 2.24. The van der Waals surface area contributed by atoms with Crippen LogP contribution >= 0.6 is 0 Å². The van der Waals surface area contributed by atoms with Crippen molar-refractivity contribution >= 4 is 0 Å². The molecule has 1 aromatic rings. The van der Waals surface area contributed by atoms with E-state index in [1.165, 1.54) is 11.1 Å².